The van der Waals surface area contributed by atoms with Gasteiger partial charge in [-0.1, -0.05) is 30.3 Å². The van der Waals surface area contributed by atoms with E-state index < -0.39 is 10.0 Å². The standard InChI is InChI=1S/C21H20N2O3S2/c1-27-19-11-7-16(8-12-19)15-22-21(24)17-9-13-20(14-10-17)28(25,26)23-18-5-3-2-4-6-18/h2-14,23H,15H2,1H3,(H,22,24). The molecule has 0 heterocycles. The summed E-state index contributed by atoms with van der Waals surface area (Å²) in [6, 6.07) is 22.5. The minimum Gasteiger partial charge on any atom is -0.348 e. The van der Waals surface area contributed by atoms with Crippen LogP contribution in [-0.4, -0.2) is 20.6 Å². The molecule has 1 amide bonds. The molecular weight excluding hydrogens is 392 g/mol. The Balaban J connectivity index is 1.63. The number of hydrogen-bond donors (Lipinski definition) is 2. The maximum Gasteiger partial charge on any atom is 0.261 e. The smallest absolute Gasteiger partial charge is 0.261 e. The van der Waals surface area contributed by atoms with E-state index in [0.29, 0.717) is 17.8 Å². The normalized spacial score (nSPS) is 11.0. The van der Waals surface area contributed by atoms with Crippen molar-refractivity contribution in [1.82, 2.24) is 5.32 Å². The van der Waals surface area contributed by atoms with Gasteiger partial charge in [-0.2, -0.15) is 0 Å². The lowest BCUT2D eigenvalue weighted by molar-refractivity contribution is 0.0951. The van der Waals surface area contributed by atoms with Gasteiger partial charge in [0.05, 0.1) is 4.90 Å². The fourth-order valence-electron chi connectivity index (χ4n) is 2.53. The minimum absolute atomic E-state index is 0.0977. The minimum atomic E-state index is -3.70. The molecule has 0 aliphatic rings. The largest absolute Gasteiger partial charge is 0.348 e. The molecule has 7 heteroatoms. The van der Waals surface area contributed by atoms with Crippen LogP contribution < -0.4 is 10.0 Å². The first-order chi connectivity index (χ1) is 13.5. The summed E-state index contributed by atoms with van der Waals surface area (Å²) in [4.78, 5) is 13.6. The monoisotopic (exact) mass is 412 g/mol. The van der Waals surface area contributed by atoms with Crippen molar-refractivity contribution in [2.45, 2.75) is 16.3 Å². The summed E-state index contributed by atoms with van der Waals surface area (Å²) in [6.07, 6.45) is 2.01. The molecule has 0 aliphatic heterocycles. The van der Waals surface area contributed by atoms with Crippen molar-refractivity contribution in [3.05, 3.63) is 90.0 Å². The van der Waals surface area contributed by atoms with Gasteiger partial charge in [0.1, 0.15) is 0 Å². The number of thioether (sulfide) groups is 1. The number of hydrogen-bond acceptors (Lipinski definition) is 4. The first-order valence-electron chi connectivity index (χ1n) is 8.57. The summed E-state index contributed by atoms with van der Waals surface area (Å²) >= 11 is 1.66. The summed E-state index contributed by atoms with van der Waals surface area (Å²) in [5.41, 5.74) is 1.88. The maximum absolute atomic E-state index is 12.4. The number of para-hydroxylation sites is 1. The Hall–Kier alpha value is -2.77. The lowest BCUT2D eigenvalue weighted by Gasteiger charge is -2.09. The Morgan fingerprint density at radius 1 is 0.893 bits per heavy atom. The number of carbonyl (C=O) groups excluding carboxylic acids is 1. The summed E-state index contributed by atoms with van der Waals surface area (Å²) in [5.74, 6) is -0.256. The van der Waals surface area contributed by atoms with Gasteiger partial charge in [0.2, 0.25) is 0 Å². The van der Waals surface area contributed by atoms with Gasteiger partial charge in [0, 0.05) is 22.7 Å². The van der Waals surface area contributed by atoms with Gasteiger partial charge in [0.25, 0.3) is 15.9 Å². The third kappa shape index (κ3) is 5.15. The molecule has 2 N–H and O–H groups in total. The third-order valence-corrected chi connectivity index (χ3v) is 6.21. The molecule has 0 atom stereocenters. The molecule has 0 aromatic heterocycles. The summed E-state index contributed by atoms with van der Waals surface area (Å²) in [7, 11) is -3.70. The molecule has 0 fully saturated rings. The average molecular weight is 413 g/mol. The van der Waals surface area contributed by atoms with Crippen LogP contribution in [0.1, 0.15) is 15.9 Å². The van der Waals surface area contributed by atoms with Crippen molar-refractivity contribution in [3.63, 3.8) is 0 Å². The Labute approximate surface area is 169 Å². The molecule has 3 aromatic carbocycles. The molecule has 3 aromatic rings. The predicted octanol–water partition coefficient (Wildman–Crippen LogP) is 4.14. The highest BCUT2D eigenvalue weighted by Crippen LogP contribution is 2.17. The van der Waals surface area contributed by atoms with Crippen LogP contribution in [0.5, 0.6) is 0 Å². The summed E-state index contributed by atoms with van der Waals surface area (Å²) in [5, 5.41) is 2.84. The van der Waals surface area contributed by atoms with Crippen LogP contribution >= 0.6 is 11.8 Å². The van der Waals surface area contributed by atoms with Crippen LogP contribution in [0.25, 0.3) is 0 Å². The fraction of sp³-hybridized carbons (Fsp3) is 0.0952. The van der Waals surface area contributed by atoms with E-state index in [-0.39, 0.29) is 10.8 Å². The van der Waals surface area contributed by atoms with Crippen LogP contribution in [0.15, 0.2) is 88.7 Å². The molecule has 0 spiro atoms. The van der Waals surface area contributed by atoms with E-state index in [1.165, 1.54) is 24.3 Å². The number of amides is 1. The zero-order valence-electron chi connectivity index (χ0n) is 15.3. The lowest BCUT2D eigenvalue weighted by atomic mass is 10.2. The van der Waals surface area contributed by atoms with Crippen molar-refractivity contribution < 1.29 is 13.2 Å². The summed E-state index contributed by atoms with van der Waals surface area (Å²) in [6.45, 7) is 0.406. The Morgan fingerprint density at radius 3 is 2.14 bits per heavy atom. The average Bonchev–Trinajstić information content (AvgIpc) is 2.73. The van der Waals surface area contributed by atoms with E-state index in [1.54, 1.807) is 36.0 Å². The number of anilines is 1. The van der Waals surface area contributed by atoms with E-state index in [0.717, 1.165) is 10.5 Å². The number of carbonyl (C=O) groups is 1. The molecule has 28 heavy (non-hydrogen) atoms. The highest BCUT2D eigenvalue weighted by atomic mass is 32.2. The second-order valence-corrected chi connectivity index (χ2v) is 8.59. The zero-order valence-corrected chi connectivity index (χ0v) is 16.9. The second kappa shape index (κ2) is 8.95. The van der Waals surface area contributed by atoms with Gasteiger partial charge in [-0.05, 0) is 60.4 Å². The first-order valence-corrected chi connectivity index (χ1v) is 11.3. The Morgan fingerprint density at radius 2 is 1.54 bits per heavy atom. The van der Waals surface area contributed by atoms with E-state index in [2.05, 4.69) is 10.0 Å². The molecule has 0 saturated heterocycles. The Kier molecular flexibility index (Phi) is 6.38. The van der Waals surface area contributed by atoms with Gasteiger partial charge in [0.15, 0.2) is 0 Å². The van der Waals surface area contributed by atoms with E-state index >= 15 is 0 Å². The number of sulfonamides is 1. The quantitative estimate of drug-likeness (QED) is 0.572. The highest BCUT2D eigenvalue weighted by molar-refractivity contribution is 7.98. The molecule has 5 nitrogen and oxygen atoms in total. The molecule has 0 bridgehead atoms. The van der Waals surface area contributed by atoms with Crippen molar-refractivity contribution >= 4 is 33.4 Å². The number of nitrogens with one attached hydrogen (secondary N) is 2. The van der Waals surface area contributed by atoms with Gasteiger partial charge < -0.3 is 5.32 Å². The number of rotatable bonds is 7. The van der Waals surface area contributed by atoms with Gasteiger partial charge in [-0.15, -0.1) is 11.8 Å². The van der Waals surface area contributed by atoms with Crippen LogP contribution in [0.3, 0.4) is 0 Å². The van der Waals surface area contributed by atoms with E-state index in [1.807, 2.05) is 36.6 Å². The maximum atomic E-state index is 12.4. The topological polar surface area (TPSA) is 75.3 Å². The van der Waals surface area contributed by atoms with Crippen LogP contribution in [0.4, 0.5) is 5.69 Å². The first kappa shape index (κ1) is 20.0. The van der Waals surface area contributed by atoms with Crippen molar-refractivity contribution in [2.75, 3.05) is 11.0 Å². The van der Waals surface area contributed by atoms with Gasteiger partial charge in [-0.25, -0.2) is 8.42 Å². The lowest BCUT2D eigenvalue weighted by Crippen LogP contribution is -2.23. The van der Waals surface area contributed by atoms with Gasteiger partial charge >= 0.3 is 0 Å². The van der Waals surface area contributed by atoms with Crippen LogP contribution in [0, 0.1) is 0 Å². The molecule has 0 saturated carbocycles. The fourth-order valence-corrected chi connectivity index (χ4v) is 4.00. The van der Waals surface area contributed by atoms with E-state index in [4.69, 9.17) is 0 Å². The van der Waals surface area contributed by atoms with Crippen molar-refractivity contribution in [3.8, 4) is 0 Å². The Bertz CT molecular complexity index is 1030. The van der Waals surface area contributed by atoms with Crippen molar-refractivity contribution in [1.29, 1.82) is 0 Å². The molecule has 0 unspecified atom stereocenters. The third-order valence-electron chi connectivity index (χ3n) is 4.06. The zero-order chi connectivity index (χ0) is 20.0. The van der Waals surface area contributed by atoms with E-state index in [9.17, 15) is 13.2 Å². The second-order valence-electron chi connectivity index (χ2n) is 6.03. The predicted molar refractivity (Wildman–Crippen MR) is 113 cm³/mol. The van der Waals surface area contributed by atoms with Crippen LogP contribution in [-0.2, 0) is 16.6 Å². The highest BCUT2D eigenvalue weighted by Gasteiger charge is 2.15. The SMILES string of the molecule is CSc1ccc(CNC(=O)c2ccc(S(=O)(=O)Nc3ccccc3)cc2)cc1. The van der Waals surface area contributed by atoms with Gasteiger partial charge in [-0.3, -0.25) is 9.52 Å². The molecule has 3 rings (SSSR count). The molecule has 0 radical (unpaired) electrons. The molecule has 144 valence electrons. The van der Waals surface area contributed by atoms with Crippen LogP contribution in [0.2, 0.25) is 0 Å². The molecular formula is C21H20N2O3S2. The number of benzene rings is 3. The molecule has 0 aliphatic carbocycles. The van der Waals surface area contributed by atoms with Crippen molar-refractivity contribution in [2.24, 2.45) is 0 Å². The summed E-state index contributed by atoms with van der Waals surface area (Å²) < 4.78 is 27.4.